The standard InChI is InChI=1S/C17H18ClN/c1-12-7-16(18)10-15-9-14(11-19-17(12)15)8-13-5-3-2-4-6-13/h2-7,10,14,19H,8-9,11H2,1H3. The van der Waals surface area contributed by atoms with Crippen molar-refractivity contribution in [3.8, 4) is 0 Å². The molecular weight excluding hydrogens is 254 g/mol. The van der Waals surface area contributed by atoms with Crippen LogP contribution in [0.1, 0.15) is 16.7 Å². The molecule has 0 spiro atoms. The number of aryl methyl sites for hydroxylation is 1. The number of hydrogen-bond acceptors (Lipinski definition) is 1. The maximum Gasteiger partial charge on any atom is 0.0412 e. The van der Waals surface area contributed by atoms with Crippen LogP contribution in [0.15, 0.2) is 42.5 Å². The van der Waals surface area contributed by atoms with Crippen molar-refractivity contribution < 1.29 is 0 Å². The highest BCUT2D eigenvalue weighted by Crippen LogP contribution is 2.32. The van der Waals surface area contributed by atoms with Gasteiger partial charge >= 0.3 is 0 Å². The van der Waals surface area contributed by atoms with Crippen molar-refractivity contribution in [2.24, 2.45) is 5.92 Å². The molecule has 0 saturated carbocycles. The molecule has 1 heterocycles. The summed E-state index contributed by atoms with van der Waals surface area (Å²) in [4.78, 5) is 0. The van der Waals surface area contributed by atoms with E-state index < -0.39 is 0 Å². The van der Waals surface area contributed by atoms with E-state index in [0.717, 1.165) is 24.4 Å². The highest BCUT2D eigenvalue weighted by atomic mass is 35.5. The number of benzene rings is 2. The van der Waals surface area contributed by atoms with Crippen LogP contribution in [0.2, 0.25) is 5.02 Å². The second-order valence-electron chi connectivity index (χ2n) is 5.40. The van der Waals surface area contributed by atoms with Gasteiger partial charge in [0.2, 0.25) is 0 Å². The lowest BCUT2D eigenvalue weighted by Crippen LogP contribution is -2.25. The molecule has 0 aromatic heterocycles. The van der Waals surface area contributed by atoms with Crippen molar-refractivity contribution >= 4 is 17.3 Å². The SMILES string of the molecule is Cc1cc(Cl)cc2c1NCC(Cc1ccccc1)C2. The molecule has 1 aliphatic heterocycles. The van der Waals surface area contributed by atoms with Crippen LogP contribution < -0.4 is 5.32 Å². The van der Waals surface area contributed by atoms with Gasteiger partial charge in [-0.2, -0.15) is 0 Å². The van der Waals surface area contributed by atoms with Gasteiger partial charge in [-0.3, -0.25) is 0 Å². The van der Waals surface area contributed by atoms with E-state index in [9.17, 15) is 0 Å². The van der Waals surface area contributed by atoms with Crippen molar-refractivity contribution in [1.29, 1.82) is 0 Å². The van der Waals surface area contributed by atoms with E-state index in [1.807, 2.05) is 6.07 Å². The lowest BCUT2D eigenvalue weighted by atomic mass is 9.88. The second kappa shape index (κ2) is 5.26. The monoisotopic (exact) mass is 271 g/mol. The van der Waals surface area contributed by atoms with Crippen molar-refractivity contribution in [2.45, 2.75) is 19.8 Å². The fourth-order valence-electron chi connectivity index (χ4n) is 2.95. The number of fused-ring (bicyclic) bond motifs is 1. The zero-order valence-corrected chi connectivity index (χ0v) is 11.9. The van der Waals surface area contributed by atoms with Gasteiger partial charge in [0.05, 0.1) is 0 Å². The molecule has 19 heavy (non-hydrogen) atoms. The minimum absolute atomic E-state index is 0.646. The van der Waals surface area contributed by atoms with Crippen molar-refractivity contribution in [3.63, 3.8) is 0 Å². The Hall–Kier alpha value is -1.47. The summed E-state index contributed by atoms with van der Waals surface area (Å²) >= 11 is 6.16. The topological polar surface area (TPSA) is 12.0 Å². The Morgan fingerprint density at radius 3 is 2.79 bits per heavy atom. The van der Waals surface area contributed by atoms with Gasteiger partial charge in [-0.05, 0) is 54.5 Å². The first-order valence-corrected chi connectivity index (χ1v) is 7.17. The molecule has 2 aromatic carbocycles. The van der Waals surface area contributed by atoms with E-state index in [1.54, 1.807) is 0 Å². The van der Waals surface area contributed by atoms with E-state index in [-0.39, 0.29) is 0 Å². The van der Waals surface area contributed by atoms with E-state index >= 15 is 0 Å². The quantitative estimate of drug-likeness (QED) is 0.849. The van der Waals surface area contributed by atoms with Gasteiger partial charge < -0.3 is 5.32 Å². The van der Waals surface area contributed by atoms with Crippen LogP contribution in [0, 0.1) is 12.8 Å². The van der Waals surface area contributed by atoms with Gasteiger partial charge in [0, 0.05) is 17.3 Å². The predicted molar refractivity (Wildman–Crippen MR) is 82.0 cm³/mol. The van der Waals surface area contributed by atoms with Gasteiger partial charge in [0.15, 0.2) is 0 Å². The molecule has 3 rings (SSSR count). The summed E-state index contributed by atoms with van der Waals surface area (Å²) in [6.45, 7) is 3.17. The first-order chi connectivity index (χ1) is 9.22. The predicted octanol–water partition coefficient (Wildman–Crippen LogP) is 4.48. The Morgan fingerprint density at radius 1 is 1.21 bits per heavy atom. The molecule has 1 N–H and O–H groups in total. The molecule has 0 aliphatic carbocycles. The van der Waals surface area contributed by atoms with Gasteiger partial charge in [-0.15, -0.1) is 0 Å². The molecule has 1 nitrogen and oxygen atoms in total. The number of anilines is 1. The van der Waals surface area contributed by atoms with Crippen molar-refractivity contribution in [1.82, 2.24) is 0 Å². The van der Waals surface area contributed by atoms with Crippen LogP contribution in [0.5, 0.6) is 0 Å². The Balaban J connectivity index is 1.79. The summed E-state index contributed by atoms with van der Waals surface area (Å²) < 4.78 is 0. The Kier molecular flexibility index (Phi) is 3.48. The molecule has 2 aromatic rings. The molecule has 2 heteroatoms. The molecule has 0 amide bonds. The Labute approximate surface area is 119 Å². The molecule has 0 radical (unpaired) electrons. The number of halogens is 1. The van der Waals surface area contributed by atoms with Gasteiger partial charge in [-0.1, -0.05) is 41.9 Å². The normalized spacial score (nSPS) is 17.7. The average Bonchev–Trinajstić information content (AvgIpc) is 2.39. The van der Waals surface area contributed by atoms with Crippen molar-refractivity contribution in [2.75, 3.05) is 11.9 Å². The highest BCUT2D eigenvalue weighted by Gasteiger charge is 2.20. The molecule has 98 valence electrons. The van der Waals surface area contributed by atoms with Crippen LogP contribution in [0.25, 0.3) is 0 Å². The summed E-state index contributed by atoms with van der Waals surface area (Å²) in [5.74, 6) is 0.646. The van der Waals surface area contributed by atoms with Crippen LogP contribution in [0.3, 0.4) is 0 Å². The van der Waals surface area contributed by atoms with Crippen LogP contribution in [-0.2, 0) is 12.8 Å². The average molecular weight is 272 g/mol. The van der Waals surface area contributed by atoms with E-state index in [0.29, 0.717) is 5.92 Å². The largest absolute Gasteiger partial charge is 0.384 e. The molecule has 1 unspecified atom stereocenters. The zero-order valence-electron chi connectivity index (χ0n) is 11.1. The maximum atomic E-state index is 6.16. The summed E-state index contributed by atoms with van der Waals surface area (Å²) in [7, 11) is 0. The highest BCUT2D eigenvalue weighted by molar-refractivity contribution is 6.30. The minimum atomic E-state index is 0.646. The lowest BCUT2D eigenvalue weighted by Gasteiger charge is -2.28. The summed E-state index contributed by atoms with van der Waals surface area (Å²) in [5, 5.41) is 4.42. The fourth-order valence-corrected chi connectivity index (χ4v) is 3.24. The van der Waals surface area contributed by atoms with Crippen LogP contribution in [-0.4, -0.2) is 6.54 Å². The zero-order chi connectivity index (χ0) is 13.2. The molecule has 1 atom stereocenters. The fraction of sp³-hybridized carbons (Fsp3) is 0.294. The van der Waals surface area contributed by atoms with Gasteiger partial charge in [-0.25, -0.2) is 0 Å². The molecule has 0 saturated heterocycles. The van der Waals surface area contributed by atoms with Gasteiger partial charge in [0.25, 0.3) is 0 Å². The third kappa shape index (κ3) is 2.76. The third-order valence-corrected chi connectivity index (χ3v) is 4.04. The van der Waals surface area contributed by atoms with E-state index in [1.165, 1.54) is 22.4 Å². The summed E-state index contributed by atoms with van der Waals surface area (Å²) in [6, 6.07) is 14.8. The van der Waals surface area contributed by atoms with Gasteiger partial charge in [0.1, 0.15) is 0 Å². The lowest BCUT2D eigenvalue weighted by molar-refractivity contribution is 0.535. The van der Waals surface area contributed by atoms with Crippen LogP contribution in [0.4, 0.5) is 5.69 Å². The number of hydrogen-bond donors (Lipinski definition) is 1. The maximum absolute atomic E-state index is 6.16. The molecule has 0 bridgehead atoms. The first-order valence-electron chi connectivity index (χ1n) is 6.79. The van der Waals surface area contributed by atoms with Crippen LogP contribution >= 0.6 is 11.6 Å². The second-order valence-corrected chi connectivity index (χ2v) is 5.83. The Bertz CT molecular complexity index is 577. The molecule has 1 aliphatic rings. The Morgan fingerprint density at radius 2 is 2.00 bits per heavy atom. The van der Waals surface area contributed by atoms with E-state index in [2.05, 4.69) is 48.6 Å². The third-order valence-electron chi connectivity index (χ3n) is 3.83. The summed E-state index contributed by atoms with van der Waals surface area (Å²) in [6.07, 6.45) is 2.23. The molecular formula is C17H18ClN. The van der Waals surface area contributed by atoms with E-state index in [4.69, 9.17) is 11.6 Å². The molecule has 0 fully saturated rings. The summed E-state index contributed by atoms with van der Waals surface area (Å²) in [5.41, 5.74) is 5.31. The van der Waals surface area contributed by atoms with Crippen molar-refractivity contribution in [3.05, 3.63) is 64.2 Å². The first kappa shape index (κ1) is 12.6. The number of rotatable bonds is 2. The number of nitrogens with one attached hydrogen (secondary N) is 1. The minimum Gasteiger partial charge on any atom is -0.384 e. The smallest absolute Gasteiger partial charge is 0.0412 e.